The van der Waals surface area contributed by atoms with Gasteiger partial charge in [0.2, 0.25) is 5.91 Å². The van der Waals surface area contributed by atoms with E-state index in [1.54, 1.807) is 12.4 Å². The molecule has 0 saturated heterocycles. The molecule has 0 saturated carbocycles. The molecule has 0 spiro atoms. The Morgan fingerprint density at radius 3 is 2.77 bits per heavy atom. The minimum atomic E-state index is 0.0121. The molecule has 1 N–H and O–H groups in total. The van der Waals surface area contributed by atoms with Crippen molar-refractivity contribution in [2.24, 2.45) is 5.92 Å². The Hall–Kier alpha value is -1.93. The molecule has 0 aliphatic heterocycles. The molecule has 0 atom stereocenters. The first-order valence-corrected chi connectivity index (χ1v) is 9.91. The van der Waals surface area contributed by atoms with E-state index in [9.17, 15) is 4.79 Å². The first-order valence-electron chi connectivity index (χ1n) is 8.92. The molecule has 142 valence electrons. The van der Waals surface area contributed by atoms with Crippen molar-refractivity contribution in [1.29, 1.82) is 0 Å². The lowest BCUT2D eigenvalue weighted by Crippen LogP contribution is -2.28. The number of thioether (sulfide) groups is 1. The summed E-state index contributed by atoms with van der Waals surface area (Å²) in [5, 5.41) is 12.3. The Morgan fingerprint density at radius 2 is 2.08 bits per heavy atom. The maximum atomic E-state index is 12.0. The van der Waals surface area contributed by atoms with Crippen LogP contribution in [0.5, 0.6) is 0 Å². The number of nitrogens with zero attached hydrogens (tertiary/aromatic N) is 4. The van der Waals surface area contributed by atoms with Gasteiger partial charge in [-0.2, -0.15) is 0 Å². The highest BCUT2D eigenvalue weighted by atomic mass is 32.2. The summed E-state index contributed by atoms with van der Waals surface area (Å²) in [5.74, 6) is 1.56. The zero-order chi connectivity index (χ0) is 18.8. The Bertz CT molecular complexity index is 675. The highest BCUT2D eigenvalue weighted by molar-refractivity contribution is 7.99. The smallest absolute Gasteiger partial charge is 0.230 e. The fraction of sp³-hybridized carbons (Fsp3) is 0.556. The van der Waals surface area contributed by atoms with Gasteiger partial charge in [-0.05, 0) is 31.4 Å². The molecule has 2 rings (SSSR count). The zero-order valence-corrected chi connectivity index (χ0v) is 16.5. The second-order valence-corrected chi connectivity index (χ2v) is 7.17. The van der Waals surface area contributed by atoms with Crippen LogP contribution in [0.3, 0.4) is 0 Å². The molecule has 1 amide bonds. The van der Waals surface area contributed by atoms with Crippen LogP contribution in [-0.2, 0) is 16.1 Å². The van der Waals surface area contributed by atoms with Crippen LogP contribution in [0, 0.1) is 5.92 Å². The van der Waals surface area contributed by atoms with E-state index in [4.69, 9.17) is 4.74 Å². The molecule has 2 aromatic heterocycles. The van der Waals surface area contributed by atoms with E-state index >= 15 is 0 Å². The van der Waals surface area contributed by atoms with E-state index in [-0.39, 0.29) is 5.91 Å². The van der Waals surface area contributed by atoms with E-state index < -0.39 is 0 Å². The fourth-order valence-electron chi connectivity index (χ4n) is 2.28. The Kier molecular flexibility index (Phi) is 8.57. The van der Waals surface area contributed by atoms with Crippen molar-refractivity contribution in [2.75, 3.05) is 25.5 Å². The van der Waals surface area contributed by atoms with Crippen molar-refractivity contribution in [3.63, 3.8) is 0 Å². The van der Waals surface area contributed by atoms with Crippen LogP contribution in [-0.4, -0.2) is 51.2 Å². The Balaban J connectivity index is 2.07. The molecule has 2 aromatic rings. The van der Waals surface area contributed by atoms with Crippen molar-refractivity contribution < 1.29 is 9.53 Å². The largest absolute Gasteiger partial charge is 0.382 e. The molecule has 0 radical (unpaired) electrons. The summed E-state index contributed by atoms with van der Waals surface area (Å²) in [6.45, 7) is 8.94. The standard InChI is InChI=1S/C18H27N5O2S/c1-4-25-11-5-10-23-17(15-6-8-19-9-7-15)21-22-18(23)26-13-16(24)20-12-14(2)3/h6-9,14H,4-5,10-13H2,1-3H3,(H,20,24). The number of hydrogen-bond donors (Lipinski definition) is 1. The van der Waals surface area contributed by atoms with Crippen LogP contribution in [0.1, 0.15) is 27.2 Å². The van der Waals surface area contributed by atoms with Crippen molar-refractivity contribution in [1.82, 2.24) is 25.1 Å². The predicted octanol–water partition coefficient (Wildman–Crippen LogP) is 2.63. The summed E-state index contributed by atoms with van der Waals surface area (Å²) >= 11 is 1.41. The first-order chi connectivity index (χ1) is 12.6. The van der Waals surface area contributed by atoms with Crippen molar-refractivity contribution in [3.8, 4) is 11.4 Å². The lowest BCUT2D eigenvalue weighted by Gasteiger charge is -2.11. The van der Waals surface area contributed by atoms with Gasteiger partial charge in [-0.15, -0.1) is 10.2 Å². The highest BCUT2D eigenvalue weighted by Gasteiger charge is 2.15. The SMILES string of the molecule is CCOCCCn1c(SCC(=O)NCC(C)C)nnc1-c1ccncc1. The topological polar surface area (TPSA) is 81.9 Å². The van der Waals surface area contributed by atoms with Gasteiger partial charge in [-0.3, -0.25) is 9.78 Å². The third kappa shape index (κ3) is 6.42. The van der Waals surface area contributed by atoms with E-state index in [1.807, 2.05) is 19.1 Å². The number of amides is 1. The Labute approximate surface area is 158 Å². The van der Waals surface area contributed by atoms with E-state index in [0.29, 0.717) is 31.4 Å². The minimum absolute atomic E-state index is 0.0121. The summed E-state index contributed by atoms with van der Waals surface area (Å²) in [7, 11) is 0. The number of rotatable bonds is 11. The van der Waals surface area contributed by atoms with Gasteiger partial charge in [0.1, 0.15) is 0 Å². The maximum absolute atomic E-state index is 12.0. The summed E-state index contributed by atoms with van der Waals surface area (Å²) < 4.78 is 7.49. The number of ether oxygens (including phenoxy) is 1. The predicted molar refractivity (Wildman–Crippen MR) is 103 cm³/mol. The number of pyridine rings is 1. The van der Waals surface area contributed by atoms with Gasteiger partial charge in [-0.1, -0.05) is 25.6 Å². The van der Waals surface area contributed by atoms with E-state index in [1.165, 1.54) is 11.8 Å². The van der Waals surface area contributed by atoms with Gasteiger partial charge in [0.15, 0.2) is 11.0 Å². The maximum Gasteiger partial charge on any atom is 0.230 e. The van der Waals surface area contributed by atoms with Crippen molar-refractivity contribution >= 4 is 17.7 Å². The van der Waals surface area contributed by atoms with Crippen LogP contribution >= 0.6 is 11.8 Å². The summed E-state index contributed by atoms with van der Waals surface area (Å²) in [6.07, 6.45) is 4.33. The molecule has 0 aliphatic rings. The van der Waals surface area contributed by atoms with Crippen LogP contribution in [0.2, 0.25) is 0 Å². The third-order valence-electron chi connectivity index (χ3n) is 3.57. The van der Waals surface area contributed by atoms with Crippen LogP contribution < -0.4 is 5.32 Å². The van der Waals surface area contributed by atoms with Gasteiger partial charge >= 0.3 is 0 Å². The fourth-order valence-corrected chi connectivity index (χ4v) is 3.07. The minimum Gasteiger partial charge on any atom is -0.382 e. The van der Waals surface area contributed by atoms with Crippen molar-refractivity contribution in [3.05, 3.63) is 24.5 Å². The summed E-state index contributed by atoms with van der Waals surface area (Å²) in [4.78, 5) is 16.0. The lowest BCUT2D eigenvalue weighted by atomic mass is 10.2. The van der Waals surface area contributed by atoms with Gasteiger partial charge in [-0.25, -0.2) is 0 Å². The average molecular weight is 378 g/mol. The summed E-state index contributed by atoms with van der Waals surface area (Å²) in [6, 6.07) is 3.82. The second kappa shape index (κ2) is 10.9. The molecule has 7 nitrogen and oxygen atoms in total. The quantitative estimate of drug-likeness (QED) is 0.479. The molecule has 0 unspecified atom stereocenters. The highest BCUT2D eigenvalue weighted by Crippen LogP contribution is 2.24. The molecular formula is C18H27N5O2S. The number of carbonyl (C=O) groups is 1. The van der Waals surface area contributed by atoms with Crippen LogP contribution in [0.25, 0.3) is 11.4 Å². The van der Waals surface area contributed by atoms with Gasteiger partial charge < -0.3 is 14.6 Å². The van der Waals surface area contributed by atoms with E-state index in [2.05, 4.69) is 38.9 Å². The molecule has 0 aliphatic carbocycles. The number of carbonyl (C=O) groups excluding carboxylic acids is 1. The van der Waals surface area contributed by atoms with Gasteiger partial charge in [0, 0.05) is 44.3 Å². The molecule has 0 aromatic carbocycles. The molecule has 8 heteroatoms. The summed E-state index contributed by atoms with van der Waals surface area (Å²) in [5.41, 5.74) is 0.958. The lowest BCUT2D eigenvalue weighted by molar-refractivity contribution is -0.118. The average Bonchev–Trinajstić information content (AvgIpc) is 3.05. The molecular weight excluding hydrogens is 350 g/mol. The first kappa shape index (κ1) is 20.4. The molecule has 0 bridgehead atoms. The monoisotopic (exact) mass is 377 g/mol. The number of hydrogen-bond acceptors (Lipinski definition) is 6. The second-order valence-electron chi connectivity index (χ2n) is 6.23. The number of aromatic nitrogens is 4. The van der Waals surface area contributed by atoms with Gasteiger partial charge in [0.05, 0.1) is 5.75 Å². The molecule has 2 heterocycles. The Morgan fingerprint density at radius 1 is 1.31 bits per heavy atom. The zero-order valence-electron chi connectivity index (χ0n) is 15.6. The molecule has 26 heavy (non-hydrogen) atoms. The molecule has 0 fully saturated rings. The van der Waals surface area contributed by atoms with E-state index in [0.717, 1.165) is 29.5 Å². The third-order valence-corrected chi connectivity index (χ3v) is 4.54. The van der Waals surface area contributed by atoms with Gasteiger partial charge in [0.25, 0.3) is 0 Å². The normalized spacial score (nSPS) is 11.1. The van der Waals surface area contributed by atoms with Crippen molar-refractivity contribution in [2.45, 2.75) is 38.9 Å². The van der Waals surface area contributed by atoms with Crippen LogP contribution in [0.4, 0.5) is 0 Å². The number of nitrogens with one attached hydrogen (secondary N) is 1. The van der Waals surface area contributed by atoms with Crippen LogP contribution in [0.15, 0.2) is 29.7 Å².